The van der Waals surface area contributed by atoms with Gasteiger partial charge in [0.1, 0.15) is 6.33 Å². The van der Waals surface area contributed by atoms with Crippen LogP contribution in [0.5, 0.6) is 5.75 Å². The number of ether oxygens (including phenoxy) is 1. The first-order chi connectivity index (χ1) is 8.61. The molecule has 1 aromatic heterocycles. The van der Waals surface area contributed by atoms with Gasteiger partial charge in [0, 0.05) is 20.1 Å². The number of hydrogen-bond donors (Lipinski definition) is 1. The molecule has 2 rings (SSSR count). The molecule has 0 radical (unpaired) electrons. The van der Waals surface area contributed by atoms with Crippen LogP contribution in [-0.4, -0.2) is 55.7 Å². The lowest BCUT2D eigenvalue weighted by Gasteiger charge is -2.23. The fourth-order valence-electron chi connectivity index (χ4n) is 2.49. The van der Waals surface area contributed by atoms with E-state index in [-0.39, 0.29) is 0 Å². The maximum atomic E-state index is 5.79. The molecule has 1 atom stereocenters. The van der Waals surface area contributed by atoms with E-state index in [0.717, 1.165) is 18.9 Å². The Hall–Kier alpha value is -1.56. The Morgan fingerprint density at radius 3 is 2.94 bits per heavy atom. The van der Waals surface area contributed by atoms with Gasteiger partial charge in [-0.3, -0.25) is 0 Å². The molecule has 0 spiro atoms. The maximum Gasteiger partial charge on any atom is 0.204 e. The van der Waals surface area contributed by atoms with Crippen molar-refractivity contribution in [3.8, 4) is 5.75 Å². The summed E-state index contributed by atoms with van der Waals surface area (Å²) in [4.78, 5) is 12.7. The molecular weight excluding hydrogens is 230 g/mol. The van der Waals surface area contributed by atoms with Crippen LogP contribution in [0.2, 0.25) is 0 Å². The van der Waals surface area contributed by atoms with Crippen molar-refractivity contribution >= 4 is 11.6 Å². The summed E-state index contributed by atoms with van der Waals surface area (Å²) in [5, 5.41) is 0. The molecule has 1 saturated heterocycles. The minimum Gasteiger partial charge on any atom is -0.490 e. The highest BCUT2D eigenvalue weighted by molar-refractivity contribution is 5.62. The fourth-order valence-corrected chi connectivity index (χ4v) is 2.49. The smallest absolute Gasteiger partial charge is 0.204 e. The first kappa shape index (κ1) is 12.9. The van der Waals surface area contributed by atoms with Gasteiger partial charge in [0.15, 0.2) is 11.6 Å². The van der Waals surface area contributed by atoms with E-state index in [2.05, 4.69) is 26.8 Å². The van der Waals surface area contributed by atoms with Crippen LogP contribution in [0.15, 0.2) is 6.33 Å². The van der Waals surface area contributed by atoms with Crippen LogP contribution >= 0.6 is 0 Å². The molecule has 1 aromatic rings. The average molecular weight is 251 g/mol. The van der Waals surface area contributed by atoms with Crippen molar-refractivity contribution in [1.82, 2.24) is 14.9 Å². The second kappa shape index (κ2) is 5.39. The van der Waals surface area contributed by atoms with Gasteiger partial charge in [-0.05, 0) is 25.9 Å². The molecule has 2 N–H and O–H groups in total. The van der Waals surface area contributed by atoms with Crippen LogP contribution in [0.25, 0.3) is 0 Å². The first-order valence-corrected chi connectivity index (χ1v) is 6.16. The van der Waals surface area contributed by atoms with E-state index in [1.54, 1.807) is 7.11 Å². The van der Waals surface area contributed by atoms with E-state index in [0.29, 0.717) is 17.5 Å². The Balaban J connectivity index is 2.08. The summed E-state index contributed by atoms with van der Waals surface area (Å²) in [6, 6.07) is 0. The molecule has 0 amide bonds. The Labute approximate surface area is 108 Å². The molecule has 6 heteroatoms. The number of hydrogen-bond acceptors (Lipinski definition) is 6. The summed E-state index contributed by atoms with van der Waals surface area (Å²) in [6.45, 7) is 3.26. The minimum absolute atomic E-state index is 0.387. The van der Waals surface area contributed by atoms with Crippen molar-refractivity contribution in [1.29, 1.82) is 0 Å². The summed E-state index contributed by atoms with van der Waals surface area (Å²) < 4.78 is 5.28. The number of likely N-dealkylation sites (tertiary alicyclic amines) is 1. The van der Waals surface area contributed by atoms with E-state index in [4.69, 9.17) is 10.5 Å². The van der Waals surface area contributed by atoms with Crippen molar-refractivity contribution in [3.05, 3.63) is 6.33 Å². The van der Waals surface area contributed by atoms with Gasteiger partial charge < -0.3 is 20.3 Å². The summed E-state index contributed by atoms with van der Waals surface area (Å²) >= 11 is 0. The van der Waals surface area contributed by atoms with Gasteiger partial charge >= 0.3 is 0 Å². The Bertz CT molecular complexity index is 411. The lowest BCUT2D eigenvalue weighted by atomic mass is 10.1. The second-order valence-corrected chi connectivity index (χ2v) is 4.91. The topological polar surface area (TPSA) is 67.5 Å². The van der Waals surface area contributed by atoms with Crippen molar-refractivity contribution < 1.29 is 4.74 Å². The average Bonchev–Trinajstić information content (AvgIpc) is 2.74. The summed E-state index contributed by atoms with van der Waals surface area (Å²) in [5.74, 6) is 2.38. The number of aromatic nitrogens is 2. The van der Waals surface area contributed by atoms with Gasteiger partial charge in [0.2, 0.25) is 5.75 Å². The zero-order valence-corrected chi connectivity index (χ0v) is 11.3. The highest BCUT2D eigenvalue weighted by Crippen LogP contribution is 2.30. The largest absolute Gasteiger partial charge is 0.490 e. The summed E-state index contributed by atoms with van der Waals surface area (Å²) in [5.41, 5.74) is 5.79. The molecule has 0 saturated carbocycles. The SMILES string of the molecule is COc1c(N)ncnc1N(C)CC1CCN(C)C1. The fraction of sp³-hybridized carbons (Fsp3) is 0.667. The third kappa shape index (κ3) is 2.64. The van der Waals surface area contributed by atoms with Crippen LogP contribution in [0.3, 0.4) is 0 Å². The molecule has 0 aliphatic carbocycles. The van der Waals surface area contributed by atoms with Gasteiger partial charge in [-0.25, -0.2) is 9.97 Å². The van der Waals surface area contributed by atoms with E-state index in [9.17, 15) is 0 Å². The minimum atomic E-state index is 0.387. The van der Waals surface area contributed by atoms with Gasteiger partial charge in [-0.1, -0.05) is 0 Å². The Morgan fingerprint density at radius 1 is 1.56 bits per heavy atom. The number of rotatable bonds is 4. The number of methoxy groups -OCH3 is 1. The van der Waals surface area contributed by atoms with Crippen LogP contribution in [0.4, 0.5) is 11.6 Å². The molecule has 1 unspecified atom stereocenters. The Morgan fingerprint density at radius 2 is 2.33 bits per heavy atom. The molecule has 0 bridgehead atoms. The molecule has 1 aliphatic rings. The summed E-state index contributed by atoms with van der Waals surface area (Å²) in [7, 11) is 5.77. The van der Waals surface area contributed by atoms with Crippen molar-refractivity contribution in [2.45, 2.75) is 6.42 Å². The van der Waals surface area contributed by atoms with Gasteiger partial charge in [0.25, 0.3) is 0 Å². The highest BCUT2D eigenvalue weighted by atomic mass is 16.5. The van der Waals surface area contributed by atoms with E-state index in [1.165, 1.54) is 19.3 Å². The van der Waals surface area contributed by atoms with Crippen LogP contribution < -0.4 is 15.4 Å². The predicted molar refractivity (Wildman–Crippen MR) is 71.9 cm³/mol. The molecule has 18 heavy (non-hydrogen) atoms. The predicted octanol–water partition coefficient (Wildman–Crippen LogP) is 0.455. The van der Waals surface area contributed by atoms with Crippen molar-refractivity contribution in [3.63, 3.8) is 0 Å². The van der Waals surface area contributed by atoms with Crippen molar-refractivity contribution in [2.75, 3.05) is 51.5 Å². The van der Waals surface area contributed by atoms with E-state index < -0.39 is 0 Å². The molecule has 0 aromatic carbocycles. The quantitative estimate of drug-likeness (QED) is 0.838. The third-order valence-electron chi connectivity index (χ3n) is 3.40. The van der Waals surface area contributed by atoms with Crippen LogP contribution in [0.1, 0.15) is 6.42 Å². The maximum absolute atomic E-state index is 5.79. The third-order valence-corrected chi connectivity index (χ3v) is 3.40. The number of anilines is 2. The van der Waals surface area contributed by atoms with E-state index in [1.807, 2.05) is 7.05 Å². The second-order valence-electron chi connectivity index (χ2n) is 4.91. The van der Waals surface area contributed by atoms with Crippen molar-refractivity contribution in [2.24, 2.45) is 5.92 Å². The molecule has 2 heterocycles. The van der Waals surface area contributed by atoms with Gasteiger partial charge in [-0.2, -0.15) is 0 Å². The Kier molecular flexibility index (Phi) is 3.86. The molecule has 1 aliphatic heterocycles. The lowest BCUT2D eigenvalue weighted by Crippen LogP contribution is -2.28. The van der Waals surface area contributed by atoms with Gasteiger partial charge in [-0.15, -0.1) is 0 Å². The van der Waals surface area contributed by atoms with Crippen LogP contribution in [-0.2, 0) is 0 Å². The molecular formula is C12H21N5O. The number of nitrogens with two attached hydrogens (primary N) is 1. The number of nitrogen functional groups attached to an aromatic ring is 1. The molecule has 6 nitrogen and oxygen atoms in total. The summed E-state index contributed by atoms with van der Waals surface area (Å²) in [6.07, 6.45) is 2.70. The molecule has 100 valence electrons. The monoisotopic (exact) mass is 251 g/mol. The van der Waals surface area contributed by atoms with Crippen LogP contribution in [0, 0.1) is 5.92 Å². The lowest BCUT2D eigenvalue weighted by molar-refractivity contribution is 0.393. The van der Waals surface area contributed by atoms with Gasteiger partial charge in [0.05, 0.1) is 7.11 Å². The first-order valence-electron chi connectivity index (χ1n) is 6.16. The normalized spacial score (nSPS) is 20.1. The van der Waals surface area contributed by atoms with E-state index >= 15 is 0 Å². The zero-order valence-electron chi connectivity index (χ0n) is 11.3. The highest BCUT2D eigenvalue weighted by Gasteiger charge is 2.23. The number of nitrogens with zero attached hydrogens (tertiary/aromatic N) is 4. The zero-order chi connectivity index (χ0) is 13.1. The standard InChI is InChI=1S/C12H21N5O/c1-16-5-4-9(6-16)7-17(2)12-10(18-3)11(13)14-8-15-12/h8-9H,4-7H2,1-3H3,(H2,13,14,15). The molecule has 1 fully saturated rings.